The number of ether oxygens (including phenoxy) is 2. The monoisotopic (exact) mass is 465 g/mol. The molecule has 0 saturated carbocycles. The van der Waals surface area contributed by atoms with Crippen LogP contribution in [0.3, 0.4) is 0 Å². The number of rotatable bonds is 6. The van der Waals surface area contributed by atoms with Crippen LogP contribution in [0.15, 0.2) is 36.4 Å². The van der Waals surface area contributed by atoms with E-state index in [9.17, 15) is 28.1 Å². The first kappa shape index (κ1) is 22.7. The SMILES string of the molecule is O=C(NCCc1ccc2c(c1)OCO2)C1CCN(c2ccc(C(F)(F)F)cc2[N+](=O)[O-])CC1. The summed E-state index contributed by atoms with van der Waals surface area (Å²) in [4.78, 5) is 24.7. The molecule has 0 atom stereocenters. The first-order chi connectivity index (χ1) is 15.7. The lowest BCUT2D eigenvalue weighted by Gasteiger charge is -2.32. The fourth-order valence-corrected chi connectivity index (χ4v) is 4.07. The first-order valence-corrected chi connectivity index (χ1v) is 10.5. The van der Waals surface area contributed by atoms with Crippen molar-refractivity contribution in [2.75, 3.05) is 31.3 Å². The molecule has 0 radical (unpaired) electrons. The maximum absolute atomic E-state index is 12.9. The minimum Gasteiger partial charge on any atom is -0.454 e. The summed E-state index contributed by atoms with van der Waals surface area (Å²) in [6.07, 6.45) is -3.13. The van der Waals surface area contributed by atoms with Gasteiger partial charge in [-0.2, -0.15) is 13.2 Å². The maximum Gasteiger partial charge on any atom is 0.416 e. The summed E-state index contributed by atoms with van der Waals surface area (Å²) in [7, 11) is 0. The summed E-state index contributed by atoms with van der Waals surface area (Å²) in [6.45, 7) is 1.33. The fourth-order valence-electron chi connectivity index (χ4n) is 4.07. The number of alkyl halides is 3. The molecule has 8 nitrogen and oxygen atoms in total. The number of fused-ring (bicyclic) bond motifs is 1. The molecule has 0 aliphatic carbocycles. The average Bonchev–Trinajstić information content (AvgIpc) is 3.26. The van der Waals surface area contributed by atoms with Crippen molar-refractivity contribution in [2.45, 2.75) is 25.4 Å². The zero-order chi connectivity index (χ0) is 23.6. The second kappa shape index (κ2) is 9.16. The number of hydrogen-bond acceptors (Lipinski definition) is 6. The van der Waals surface area contributed by atoms with Gasteiger partial charge in [-0.3, -0.25) is 14.9 Å². The third-order valence-electron chi connectivity index (χ3n) is 5.86. The van der Waals surface area contributed by atoms with Gasteiger partial charge in [0.2, 0.25) is 12.7 Å². The average molecular weight is 465 g/mol. The van der Waals surface area contributed by atoms with Gasteiger partial charge in [0, 0.05) is 31.6 Å². The highest BCUT2D eigenvalue weighted by Crippen LogP contribution is 2.38. The van der Waals surface area contributed by atoms with Crippen LogP contribution < -0.4 is 19.7 Å². The van der Waals surface area contributed by atoms with E-state index in [4.69, 9.17) is 9.47 Å². The van der Waals surface area contributed by atoms with Crippen LogP contribution in [0.5, 0.6) is 11.5 Å². The summed E-state index contributed by atoms with van der Waals surface area (Å²) >= 11 is 0. The molecule has 4 rings (SSSR count). The lowest BCUT2D eigenvalue weighted by molar-refractivity contribution is -0.384. The smallest absolute Gasteiger partial charge is 0.416 e. The second-order valence-corrected chi connectivity index (χ2v) is 7.95. The van der Waals surface area contributed by atoms with Crippen LogP contribution in [0, 0.1) is 16.0 Å². The predicted octanol–water partition coefficient (Wildman–Crippen LogP) is 3.92. The number of carbonyl (C=O) groups is 1. The van der Waals surface area contributed by atoms with Crippen LogP contribution in [0.25, 0.3) is 0 Å². The maximum atomic E-state index is 12.9. The van der Waals surface area contributed by atoms with Gasteiger partial charge in [-0.05, 0) is 49.1 Å². The van der Waals surface area contributed by atoms with E-state index >= 15 is 0 Å². The molecule has 33 heavy (non-hydrogen) atoms. The number of nitro benzene ring substituents is 1. The van der Waals surface area contributed by atoms with Crippen LogP contribution in [0.4, 0.5) is 24.5 Å². The molecule has 1 amide bonds. The van der Waals surface area contributed by atoms with Crippen molar-refractivity contribution in [2.24, 2.45) is 5.92 Å². The van der Waals surface area contributed by atoms with Crippen molar-refractivity contribution in [3.63, 3.8) is 0 Å². The van der Waals surface area contributed by atoms with Gasteiger partial charge < -0.3 is 19.7 Å². The summed E-state index contributed by atoms with van der Waals surface area (Å²) in [5, 5.41) is 14.3. The number of hydrogen-bond donors (Lipinski definition) is 1. The Morgan fingerprint density at radius 3 is 2.55 bits per heavy atom. The highest BCUT2D eigenvalue weighted by atomic mass is 19.4. The van der Waals surface area contributed by atoms with E-state index in [2.05, 4.69) is 5.32 Å². The van der Waals surface area contributed by atoms with Crippen LogP contribution >= 0.6 is 0 Å². The molecule has 0 spiro atoms. The molecule has 176 valence electrons. The molecule has 2 aromatic rings. The summed E-state index contributed by atoms with van der Waals surface area (Å²) < 4.78 is 49.4. The number of nitrogens with one attached hydrogen (secondary N) is 1. The van der Waals surface area contributed by atoms with Crippen molar-refractivity contribution in [3.05, 3.63) is 57.6 Å². The van der Waals surface area contributed by atoms with Gasteiger partial charge in [-0.15, -0.1) is 0 Å². The van der Waals surface area contributed by atoms with E-state index in [0.717, 1.165) is 17.7 Å². The van der Waals surface area contributed by atoms with Crippen LogP contribution in [0.1, 0.15) is 24.0 Å². The molecular weight excluding hydrogens is 443 g/mol. The molecule has 0 aromatic heterocycles. The van der Waals surface area contributed by atoms with Crippen molar-refractivity contribution in [1.82, 2.24) is 5.32 Å². The highest BCUT2D eigenvalue weighted by molar-refractivity contribution is 5.79. The molecule has 2 aromatic carbocycles. The van der Waals surface area contributed by atoms with Gasteiger partial charge in [-0.25, -0.2) is 0 Å². The highest BCUT2D eigenvalue weighted by Gasteiger charge is 2.34. The Labute approximate surface area is 187 Å². The number of amides is 1. The number of piperidine rings is 1. The Bertz CT molecular complexity index is 1050. The van der Waals surface area contributed by atoms with Crippen molar-refractivity contribution in [3.8, 4) is 11.5 Å². The molecule has 2 heterocycles. The van der Waals surface area contributed by atoms with Crippen LogP contribution in [-0.4, -0.2) is 37.3 Å². The fraction of sp³-hybridized carbons (Fsp3) is 0.409. The zero-order valence-electron chi connectivity index (χ0n) is 17.6. The third kappa shape index (κ3) is 5.12. The number of nitro groups is 1. The Morgan fingerprint density at radius 2 is 1.85 bits per heavy atom. The molecular formula is C22H22F3N3O5. The molecule has 1 fully saturated rings. The van der Waals surface area contributed by atoms with Gasteiger partial charge in [0.1, 0.15) is 5.69 Å². The Balaban J connectivity index is 1.30. The van der Waals surface area contributed by atoms with Crippen molar-refractivity contribution >= 4 is 17.3 Å². The second-order valence-electron chi connectivity index (χ2n) is 7.95. The summed E-state index contributed by atoms with van der Waals surface area (Å²) in [5.41, 5.74) is -0.509. The van der Waals surface area contributed by atoms with Crippen molar-refractivity contribution in [1.29, 1.82) is 0 Å². The van der Waals surface area contributed by atoms with Crippen molar-refractivity contribution < 1.29 is 32.4 Å². The van der Waals surface area contributed by atoms with E-state index in [0.29, 0.717) is 56.5 Å². The number of benzene rings is 2. The summed E-state index contributed by atoms with van der Waals surface area (Å²) in [5.74, 6) is 1.02. The molecule has 11 heteroatoms. The van der Waals surface area contributed by atoms with E-state index in [-0.39, 0.29) is 24.3 Å². The third-order valence-corrected chi connectivity index (χ3v) is 5.86. The molecule has 1 saturated heterocycles. The number of nitrogens with zero attached hydrogens (tertiary/aromatic N) is 2. The minimum absolute atomic E-state index is 0.0997. The summed E-state index contributed by atoms with van der Waals surface area (Å²) in [6, 6.07) is 8.16. The zero-order valence-corrected chi connectivity index (χ0v) is 17.6. The van der Waals surface area contributed by atoms with E-state index < -0.39 is 22.4 Å². The molecule has 2 aliphatic rings. The predicted molar refractivity (Wildman–Crippen MR) is 112 cm³/mol. The van der Waals surface area contributed by atoms with Gasteiger partial charge in [-0.1, -0.05) is 6.07 Å². The first-order valence-electron chi connectivity index (χ1n) is 10.5. The van der Waals surface area contributed by atoms with E-state index in [1.54, 1.807) is 4.90 Å². The molecule has 0 bridgehead atoms. The normalized spacial score (nSPS) is 16.0. The molecule has 0 unspecified atom stereocenters. The van der Waals surface area contributed by atoms with Gasteiger partial charge in [0.05, 0.1) is 10.5 Å². The van der Waals surface area contributed by atoms with Gasteiger partial charge >= 0.3 is 6.18 Å². The number of anilines is 1. The number of halogens is 3. The van der Waals surface area contributed by atoms with Crippen LogP contribution in [-0.2, 0) is 17.4 Å². The lowest BCUT2D eigenvalue weighted by Crippen LogP contribution is -2.41. The lowest BCUT2D eigenvalue weighted by atomic mass is 9.95. The Morgan fingerprint density at radius 1 is 1.12 bits per heavy atom. The van der Waals surface area contributed by atoms with Gasteiger partial charge in [0.15, 0.2) is 11.5 Å². The topological polar surface area (TPSA) is 93.9 Å². The van der Waals surface area contributed by atoms with E-state index in [1.807, 2.05) is 18.2 Å². The molecule has 1 N–H and O–H groups in total. The Hall–Kier alpha value is -3.50. The largest absolute Gasteiger partial charge is 0.454 e. The van der Waals surface area contributed by atoms with Gasteiger partial charge in [0.25, 0.3) is 5.69 Å². The number of carbonyl (C=O) groups excluding carboxylic acids is 1. The minimum atomic E-state index is -4.66. The molecule has 2 aliphatic heterocycles. The van der Waals surface area contributed by atoms with E-state index in [1.165, 1.54) is 0 Å². The van der Waals surface area contributed by atoms with Crippen LogP contribution in [0.2, 0.25) is 0 Å². The standard InChI is InChI=1S/C22H22F3N3O5/c23-22(24,25)16-2-3-17(18(12-16)28(30)31)27-9-6-15(7-10-27)21(29)26-8-5-14-1-4-19-20(11-14)33-13-32-19/h1-4,11-12,15H,5-10,13H2,(H,26,29). The quantitative estimate of drug-likeness (QED) is 0.514. The Kier molecular flexibility index (Phi) is 6.30.